The molecule has 0 aliphatic rings. The minimum absolute atomic E-state index is 0.0952. The predicted molar refractivity (Wildman–Crippen MR) is 96.2 cm³/mol. The third-order valence-corrected chi connectivity index (χ3v) is 4.10. The number of nitrogens with one attached hydrogen (secondary N) is 1. The van der Waals surface area contributed by atoms with E-state index in [4.69, 9.17) is 11.6 Å². The van der Waals surface area contributed by atoms with Crippen LogP contribution in [-0.4, -0.2) is 33.3 Å². The van der Waals surface area contributed by atoms with Gasteiger partial charge in [0.25, 0.3) is 5.91 Å². The first-order chi connectivity index (χ1) is 11.8. The molecule has 25 heavy (non-hydrogen) atoms. The molecule has 1 aromatic carbocycles. The van der Waals surface area contributed by atoms with E-state index in [1.54, 1.807) is 42.1 Å². The molecule has 0 saturated carbocycles. The third-order valence-electron chi connectivity index (χ3n) is 3.85. The zero-order valence-corrected chi connectivity index (χ0v) is 15.2. The molecule has 0 fully saturated rings. The summed E-state index contributed by atoms with van der Waals surface area (Å²) in [4.78, 5) is 23.7. The maximum Gasteiger partial charge on any atom is 0.308 e. The zero-order chi connectivity index (χ0) is 18.6. The predicted octanol–water partition coefficient (Wildman–Crippen LogP) is 3.31. The van der Waals surface area contributed by atoms with Gasteiger partial charge in [0.15, 0.2) is 0 Å². The average Bonchev–Trinajstić information content (AvgIpc) is 2.93. The van der Waals surface area contributed by atoms with Gasteiger partial charge in [0, 0.05) is 17.8 Å². The number of carbonyl (C=O) groups is 2. The molecule has 6 nitrogen and oxygen atoms in total. The summed E-state index contributed by atoms with van der Waals surface area (Å²) in [5.41, 5.74) is 1.78. The van der Waals surface area contributed by atoms with Crippen LogP contribution in [0.3, 0.4) is 0 Å². The van der Waals surface area contributed by atoms with Gasteiger partial charge in [0.1, 0.15) is 0 Å². The van der Waals surface area contributed by atoms with Gasteiger partial charge in [0.2, 0.25) is 0 Å². The van der Waals surface area contributed by atoms with Crippen molar-refractivity contribution in [3.05, 3.63) is 46.7 Å². The number of aliphatic carboxylic acids is 1. The fourth-order valence-electron chi connectivity index (χ4n) is 2.56. The lowest BCUT2D eigenvalue weighted by atomic mass is 9.97. The molecule has 1 atom stereocenters. The Kier molecular flexibility index (Phi) is 6.20. The monoisotopic (exact) mass is 363 g/mol. The van der Waals surface area contributed by atoms with Crippen molar-refractivity contribution < 1.29 is 14.7 Å². The Morgan fingerprint density at radius 1 is 1.28 bits per heavy atom. The molecule has 2 N–H and O–H groups in total. The summed E-state index contributed by atoms with van der Waals surface area (Å²) in [6, 6.07) is 7.10. The molecule has 1 heterocycles. The van der Waals surface area contributed by atoms with Crippen molar-refractivity contribution >= 4 is 23.5 Å². The maximum atomic E-state index is 12.4. The van der Waals surface area contributed by atoms with Gasteiger partial charge in [0.05, 0.1) is 22.9 Å². The molecule has 1 amide bonds. The third kappa shape index (κ3) is 5.06. The second kappa shape index (κ2) is 8.16. The van der Waals surface area contributed by atoms with Crippen molar-refractivity contribution in [2.24, 2.45) is 11.8 Å². The van der Waals surface area contributed by atoms with Gasteiger partial charge in [-0.15, -0.1) is 0 Å². The molecule has 1 unspecified atom stereocenters. The van der Waals surface area contributed by atoms with Crippen LogP contribution in [0.2, 0.25) is 5.02 Å². The quantitative estimate of drug-likeness (QED) is 0.790. The molecule has 0 saturated heterocycles. The number of carboxylic acids is 1. The molecule has 2 rings (SSSR count). The van der Waals surface area contributed by atoms with Crippen LogP contribution in [0.5, 0.6) is 0 Å². The van der Waals surface area contributed by atoms with E-state index in [-0.39, 0.29) is 18.4 Å². The normalized spacial score (nSPS) is 12.2. The van der Waals surface area contributed by atoms with Crippen molar-refractivity contribution in [1.82, 2.24) is 15.1 Å². The minimum Gasteiger partial charge on any atom is -0.481 e. The highest BCUT2D eigenvalue weighted by atomic mass is 35.5. The molecule has 0 radical (unpaired) electrons. The standard InChI is InChI=1S/C18H22ClN3O3/c1-11(2)8-13(18(24)25)9-20-17(23)16-10-22(21-12(16)3)15-6-4-14(19)5-7-15/h4-7,10-11,13H,8-9H2,1-3H3,(H,20,23)(H,24,25). The van der Waals surface area contributed by atoms with Crippen LogP contribution >= 0.6 is 11.6 Å². The van der Waals surface area contributed by atoms with E-state index in [2.05, 4.69) is 10.4 Å². The van der Waals surface area contributed by atoms with E-state index < -0.39 is 11.9 Å². The second-order valence-corrected chi connectivity index (χ2v) is 6.86. The summed E-state index contributed by atoms with van der Waals surface area (Å²) in [6.45, 7) is 5.75. The molecule has 134 valence electrons. The van der Waals surface area contributed by atoms with Crippen LogP contribution in [0.4, 0.5) is 0 Å². The summed E-state index contributed by atoms with van der Waals surface area (Å²) in [6.07, 6.45) is 2.14. The highest BCUT2D eigenvalue weighted by molar-refractivity contribution is 6.30. The molecular formula is C18H22ClN3O3. The summed E-state index contributed by atoms with van der Waals surface area (Å²) < 4.78 is 1.60. The van der Waals surface area contributed by atoms with Crippen molar-refractivity contribution in [3.8, 4) is 5.69 Å². The van der Waals surface area contributed by atoms with Crippen LogP contribution < -0.4 is 5.32 Å². The van der Waals surface area contributed by atoms with Gasteiger partial charge in [-0.05, 0) is 43.5 Å². The number of rotatable bonds is 7. The summed E-state index contributed by atoms with van der Waals surface area (Å²) in [5, 5.41) is 16.9. The summed E-state index contributed by atoms with van der Waals surface area (Å²) >= 11 is 5.88. The number of aryl methyl sites for hydroxylation is 1. The number of carbonyl (C=O) groups excluding carboxylic acids is 1. The highest BCUT2D eigenvalue weighted by Crippen LogP contribution is 2.16. The SMILES string of the molecule is Cc1nn(-c2ccc(Cl)cc2)cc1C(=O)NCC(CC(C)C)C(=O)O. The van der Waals surface area contributed by atoms with E-state index in [1.807, 2.05) is 13.8 Å². The van der Waals surface area contributed by atoms with Gasteiger partial charge >= 0.3 is 5.97 Å². The topological polar surface area (TPSA) is 84.2 Å². The number of carboxylic acid groups (broad SMARTS) is 1. The van der Waals surface area contributed by atoms with Crippen LogP contribution in [0.25, 0.3) is 5.69 Å². The lowest BCUT2D eigenvalue weighted by molar-refractivity contribution is -0.142. The van der Waals surface area contributed by atoms with Gasteiger partial charge in [-0.3, -0.25) is 9.59 Å². The number of hydrogen-bond donors (Lipinski definition) is 2. The molecule has 1 aromatic heterocycles. The smallest absolute Gasteiger partial charge is 0.308 e. The Hall–Kier alpha value is -2.34. The number of benzene rings is 1. The zero-order valence-electron chi connectivity index (χ0n) is 14.5. The van der Waals surface area contributed by atoms with E-state index in [0.717, 1.165) is 5.69 Å². The summed E-state index contributed by atoms with van der Waals surface area (Å²) in [7, 11) is 0. The Balaban J connectivity index is 2.09. The average molecular weight is 364 g/mol. The lowest BCUT2D eigenvalue weighted by Gasteiger charge is -2.15. The molecule has 2 aromatic rings. The van der Waals surface area contributed by atoms with E-state index in [9.17, 15) is 14.7 Å². The fourth-order valence-corrected chi connectivity index (χ4v) is 2.69. The Morgan fingerprint density at radius 2 is 1.92 bits per heavy atom. The van der Waals surface area contributed by atoms with Crippen LogP contribution in [-0.2, 0) is 4.79 Å². The number of halogens is 1. The van der Waals surface area contributed by atoms with Crippen molar-refractivity contribution in [3.63, 3.8) is 0 Å². The van der Waals surface area contributed by atoms with Gasteiger partial charge in [-0.2, -0.15) is 5.10 Å². The maximum absolute atomic E-state index is 12.4. The van der Waals surface area contributed by atoms with Crippen molar-refractivity contribution in [1.29, 1.82) is 0 Å². The first-order valence-electron chi connectivity index (χ1n) is 8.11. The molecular weight excluding hydrogens is 342 g/mol. The molecule has 0 aliphatic carbocycles. The molecule has 7 heteroatoms. The highest BCUT2D eigenvalue weighted by Gasteiger charge is 2.21. The Labute approximate surface area is 151 Å². The van der Waals surface area contributed by atoms with Gasteiger partial charge in [-0.25, -0.2) is 4.68 Å². The number of amides is 1. The molecule has 0 aliphatic heterocycles. The number of aromatic nitrogens is 2. The van der Waals surface area contributed by atoms with Gasteiger partial charge < -0.3 is 10.4 Å². The fraction of sp³-hybridized carbons (Fsp3) is 0.389. The first kappa shape index (κ1) is 19.0. The Bertz CT molecular complexity index is 753. The van der Waals surface area contributed by atoms with Crippen LogP contribution in [0.1, 0.15) is 36.3 Å². The van der Waals surface area contributed by atoms with E-state index >= 15 is 0 Å². The lowest BCUT2D eigenvalue weighted by Crippen LogP contribution is -2.33. The summed E-state index contributed by atoms with van der Waals surface area (Å²) in [5.74, 6) is -1.58. The van der Waals surface area contributed by atoms with Crippen LogP contribution in [0, 0.1) is 18.8 Å². The van der Waals surface area contributed by atoms with Crippen LogP contribution in [0.15, 0.2) is 30.5 Å². The number of nitrogens with zero attached hydrogens (tertiary/aromatic N) is 2. The van der Waals surface area contributed by atoms with Crippen molar-refractivity contribution in [2.45, 2.75) is 27.2 Å². The van der Waals surface area contributed by atoms with Crippen molar-refractivity contribution in [2.75, 3.05) is 6.54 Å². The largest absolute Gasteiger partial charge is 0.481 e. The molecule has 0 spiro atoms. The van der Waals surface area contributed by atoms with E-state index in [0.29, 0.717) is 22.7 Å². The minimum atomic E-state index is -0.900. The van der Waals surface area contributed by atoms with Gasteiger partial charge in [-0.1, -0.05) is 25.4 Å². The number of hydrogen-bond acceptors (Lipinski definition) is 3. The van der Waals surface area contributed by atoms with E-state index in [1.165, 1.54) is 0 Å². The Morgan fingerprint density at radius 3 is 2.48 bits per heavy atom. The first-order valence-corrected chi connectivity index (χ1v) is 8.49. The molecule has 0 bridgehead atoms. The second-order valence-electron chi connectivity index (χ2n) is 6.42.